The monoisotopic (exact) mass is 429 g/mol. The van der Waals surface area contributed by atoms with Crippen LogP contribution in [-0.4, -0.2) is 36.2 Å². The number of fused-ring (bicyclic) bond motifs is 4. The third-order valence-electron chi connectivity index (χ3n) is 6.93. The van der Waals surface area contributed by atoms with Crippen molar-refractivity contribution in [2.45, 2.75) is 51.6 Å². The number of hydrogen-bond donors (Lipinski definition) is 3. The summed E-state index contributed by atoms with van der Waals surface area (Å²) in [5.74, 6) is 2.07. The molecule has 3 N–H and O–H groups in total. The van der Waals surface area contributed by atoms with Crippen LogP contribution in [0.1, 0.15) is 49.9 Å². The molecule has 6 rings (SSSR count). The van der Waals surface area contributed by atoms with E-state index in [0.717, 1.165) is 71.7 Å². The van der Waals surface area contributed by atoms with Crippen molar-refractivity contribution in [1.82, 2.24) is 29.8 Å². The summed E-state index contributed by atoms with van der Waals surface area (Å²) < 4.78 is 2.31. The van der Waals surface area contributed by atoms with Gasteiger partial charge in [-0.2, -0.15) is 4.98 Å². The number of pyridine rings is 2. The van der Waals surface area contributed by atoms with E-state index in [4.69, 9.17) is 9.97 Å². The number of aromatic nitrogens is 5. The minimum Gasteiger partial charge on any atom is -0.493 e. The van der Waals surface area contributed by atoms with Crippen LogP contribution >= 0.6 is 0 Å². The fourth-order valence-corrected chi connectivity index (χ4v) is 5.16. The molecule has 1 aliphatic heterocycles. The maximum absolute atomic E-state index is 10.0. The van der Waals surface area contributed by atoms with Gasteiger partial charge in [-0.25, -0.2) is 15.0 Å². The third-order valence-corrected chi connectivity index (χ3v) is 6.93. The Kier molecular flexibility index (Phi) is 4.68. The van der Waals surface area contributed by atoms with E-state index in [2.05, 4.69) is 38.2 Å². The third kappa shape index (κ3) is 3.35. The Labute approximate surface area is 186 Å². The van der Waals surface area contributed by atoms with Gasteiger partial charge in [-0.15, -0.1) is 0 Å². The molecule has 0 amide bonds. The van der Waals surface area contributed by atoms with E-state index in [0.29, 0.717) is 12.0 Å². The zero-order valence-electron chi connectivity index (χ0n) is 18.2. The highest BCUT2D eigenvalue weighted by Gasteiger charge is 2.25. The van der Waals surface area contributed by atoms with Crippen molar-refractivity contribution in [1.29, 1.82) is 0 Å². The number of hydrogen-bond acceptors (Lipinski definition) is 7. The lowest BCUT2D eigenvalue weighted by Gasteiger charge is -2.28. The van der Waals surface area contributed by atoms with Crippen molar-refractivity contribution in [2.75, 3.05) is 11.9 Å². The van der Waals surface area contributed by atoms with Crippen molar-refractivity contribution >= 4 is 33.7 Å². The SMILES string of the molecule is C[C@H]1CC[C@H](n2c3cnc(O)cc3c3cnc(Nc4ccc5c(n4)CCNC5)nc32)CC1. The van der Waals surface area contributed by atoms with Gasteiger partial charge in [-0.3, -0.25) is 0 Å². The van der Waals surface area contributed by atoms with E-state index in [1.54, 1.807) is 12.3 Å². The zero-order valence-corrected chi connectivity index (χ0v) is 18.2. The van der Waals surface area contributed by atoms with Crippen molar-refractivity contribution in [3.05, 3.63) is 41.9 Å². The second-order valence-corrected chi connectivity index (χ2v) is 9.13. The molecule has 1 aliphatic carbocycles. The molecule has 32 heavy (non-hydrogen) atoms. The van der Waals surface area contributed by atoms with Crippen LogP contribution in [0.5, 0.6) is 5.88 Å². The molecule has 0 unspecified atom stereocenters. The van der Waals surface area contributed by atoms with Crippen LogP contribution in [0, 0.1) is 5.92 Å². The predicted octanol–water partition coefficient (Wildman–Crippen LogP) is 4.22. The predicted molar refractivity (Wildman–Crippen MR) is 124 cm³/mol. The molecular weight excluding hydrogens is 402 g/mol. The largest absolute Gasteiger partial charge is 0.493 e. The normalized spacial score (nSPS) is 21.0. The van der Waals surface area contributed by atoms with E-state index >= 15 is 0 Å². The van der Waals surface area contributed by atoms with Crippen molar-refractivity contribution in [3.63, 3.8) is 0 Å². The summed E-state index contributed by atoms with van der Waals surface area (Å²) in [5, 5.41) is 18.6. The van der Waals surface area contributed by atoms with Crippen LogP contribution in [0.3, 0.4) is 0 Å². The van der Waals surface area contributed by atoms with Crippen LogP contribution in [0.15, 0.2) is 30.6 Å². The molecule has 1 saturated carbocycles. The topological polar surface area (TPSA) is 101 Å². The van der Waals surface area contributed by atoms with Gasteiger partial charge in [0.1, 0.15) is 11.5 Å². The summed E-state index contributed by atoms with van der Waals surface area (Å²) >= 11 is 0. The molecule has 4 aromatic rings. The molecule has 0 bridgehead atoms. The number of anilines is 2. The lowest BCUT2D eigenvalue weighted by molar-refractivity contribution is 0.298. The molecular formula is C24H27N7O. The second-order valence-electron chi connectivity index (χ2n) is 9.13. The summed E-state index contributed by atoms with van der Waals surface area (Å²) in [7, 11) is 0. The molecule has 164 valence electrons. The van der Waals surface area contributed by atoms with E-state index in [1.807, 2.05) is 12.3 Å². The van der Waals surface area contributed by atoms with Crippen molar-refractivity contribution < 1.29 is 5.11 Å². The molecule has 0 aromatic carbocycles. The summed E-state index contributed by atoms with van der Waals surface area (Å²) in [6.07, 6.45) is 9.19. The van der Waals surface area contributed by atoms with Crippen LogP contribution < -0.4 is 10.6 Å². The standard InChI is InChI=1S/C24H27N7O/c1-14-2-5-16(6-3-14)31-20-13-26-22(32)10-17(20)18-12-27-24(30-23(18)31)29-21-7-4-15-11-25-9-8-19(15)28-21/h4,7,10,12-14,16,25H,2-3,5-6,8-9,11H2,1H3,(H,26,32)(H,27,28,29,30)/t14-,16-. The Balaban J connectivity index is 1.43. The number of nitrogens with zero attached hydrogens (tertiary/aromatic N) is 5. The maximum atomic E-state index is 10.0. The van der Waals surface area contributed by atoms with E-state index in [9.17, 15) is 5.11 Å². The summed E-state index contributed by atoms with van der Waals surface area (Å²) in [4.78, 5) is 18.4. The van der Waals surface area contributed by atoms with Crippen LogP contribution in [0.25, 0.3) is 21.9 Å². The molecule has 4 aromatic heterocycles. The van der Waals surface area contributed by atoms with Gasteiger partial charge < -0.3 is 20.3 Å². The average molecular weight is 430 g/mol. The van der Waals surface area contributed by atoms with Crippen LogP contribution in [-0.2, 0) is 13.0 Å². The Morgan fingerprint density at radius 3 is 2.81 bits per heavy atom. The molecule has 2 aliphatic rings. The fourth-order valence-electron chi connectivity index (χ4n) is 5.16. The molecule has 0 spiro atoms. The van der Waals surface area contributed by atoms with Crippen molar-refractivity contribution in [2.24, 2.45) is 5.92 Å². The van der Waals surface area contributed by atoms with Gasteiger partial charge in [-0.1, -0.05) is 13.0 Å². The highest BCUT2D eigenvalue weighted by molar-refractivity contribution is 6.06. The van der Waals surface area contributed by atoms with Gasteiger partial charge in [-0.05, 0) is 43.2 Å². The van der Waals surface area contributed by atoms with Gasteiger partial charge in [0, 0.05) is 54.3 Å². The highest BCUT2D eigenvalue weighted by atomic mass is 16.3. The van der Waals surface area contributed by atoms with Crippen LogP contribution in [0.2, 0.25) is 0 Å². The van der Waals surface area contributed by atoms with Gasteiger partial charge in [0.2, 0.25) is 11.8 Å². The molecule has 8 heteroatoms. The first kappa shape index (κ1) is 19.4. The Morgan fingerprint density at radius 1 is 1.06 bits per heavy atom. The molecule has 0 radical (unpaired) electrons. The van der Waals surface area contributed by atoms with Gasteiger partial charge in [0.25, 0.3) is 0 Å². The Hall–Kier alpha value is -3.26. The quantitative estimate of drug-likeness (QED) is 0.448. The Bertz CT molecular complexity index is 1310. The minimum atomic E-state index is 0.0174. The van der Waals surface area contributed by atoms with E-state index in [-0.39, 0.29) is 5.88 Å². The number of rotatable bonds is 3. The van der Waals surface area contributed by atoms with Gasteiger partial charge >= 0.3 is 0 Å². The zero-order chi connectivity index (χ0) is 21.7. The van der Waals surface area contributed by atoms with E-state index in [1.165, 1.54) is 18.4 Å². The fraction of sp³-hybridized carbons (Fsp3) is 0.417. The lowest BCUT2D eigenvalue weighted by Crippen LogP contribution is -2.24. The molecule has 0 saturated heterocycles. The van der Waals surface area contributed by atoms with Crippen molar-refractivity contribution in [3.8, 4) is 5.88 Å². The Morgan fingerprint density at radius 2 is 1.94 bits per heavy atom. The number of nitrogens with one attached hydrogen (secondary N) is 2. The first-order chi connectivity index (χ1) is 15.7. The van der Waals surface area contributed by atoms with E-state index < -0.39 is 0 Å². The lowest BCUT2D eigenvalue weighted by atomic mass is 9.87. The summed E-state index contributed by atoms with van der Waals surface area (Å²) in [6, 6.07) is 6.19. The highest BCUT2D eigenvalue weighted by Crippen LogP contribution is 2.39. The van der Waals surface area contributed by atoms with Crippen LogP contribution in [0.4, 0.5) is 11.8 Å². The van der Waals surface area contributed by atoms with Gasteiger partial charge in [0.05, 0.1) is 11.7 Å². The maximum Gasteiger partial charge on any atom is 0.230 e. The minimum absolute atomic E-state index is 0.0174. The first-order valence-corrected chi connectivity index (χ1v) is 11.5. The second kappa shape index (κ2) is 7.70. The average Bonchev–Trinajstić information content (AvgIpc) is 3.12. The summed E-state index contributed by atoms with van der Waals surface area (Å²) in [6.45, 7) is 4.15. The molecule has 1 fully saturated rings. The summed E-state index contributed by atoms with van der Waals surface area (Å²) in [5.41, 5.74) is 4.26. The molecule has 0 atom stereocenters. The first-order valence-electron chi connectivity index (χ1n) is 11.5. The molecule has 5 heterocycles. The smallest absolute Gasteiger partial charge is 0.230 e. The number of aromatic hydroxyl groups is 1. The van der Waals surface area contributed by atoms with Gasteiger partial charge in [0.15, 0.2) is 0 Å². The molecule has 8 nitrogen and oxygen atoms in total.